The summed E-state index contributed by atoms with van der Waals surface area (Å²) in [4.78, 5) is 1.37. The zero-order chi connectivity index (χ0) is 15.0. The molecule has 0 aliphatic carbocycles. The Kier molecular flexibility index (Phi) is 5.04. The number of quaternary nitrogens is 1. The molecule has 0 fully saturated rings. The van der Waals surface area contributed by atoms with E-state index in [0.717, 1.165) is 36.5 Å². The summed E-state index contributed by atoms with van der Waals surface area (Å²) in [6.07, 6.45) is 0.967. The fraction of sp³-hybridized carbons (Fsp3) is 0.294. The van der Waals surface area contributed by atoms with Gasteiger partial charge >= 0.3 is 0 Å². The van der Waals surface area contributed by atoms with Gasteiger partial charge in [-0.1, -0.05) is 18.2 Å². The van der Waals surface area contributed by atoms with Gasteiger partial charge in [0.15, 0.2) is 0 Å². The Balaban J connectivity index is 0.00000176. The Labute approximate surface area is 134 Å². The van der Waals surface area contributed by atoms with Gasteiger partial charge in [-0.25, -0.2) is 8.78 Å². The molecule has 0 saturated carbocycles. The summed E-state index contributed by atoms with van der Waals surface area (Å²) in [5.74, 6) is -1.01. The number of hydrogen-bond acceptors (Lipinski definition) is 0. The molecule has 0 radical (unpaired) electrons. The van der Waals surface area contributed by atoms with E-state index < -0.39 is 11.6 Å². The van der Waals surface area contributed by atoms with Gasteiger partial charge in [-0.05, 0) is 12.1 Å². The van der Waals surface area contributed by atoms with Crippen LogP contribution in [-0.4, -0.2) is 25.2 Å². The Morgan fingerprint density at radius 3 is 2.50 bits per heavy atom. The van der Waals surface area contributed by atoms with Gasteiger partial charge in [0.2, 0.25) is 0 Å². The summed E-state index contributed by atoms with van der Waals surface area (Å²) in [6.45, 7) is 1.78. The van der Waals surface area contributed by atoms with Gasteiger partial charge < -0.3 is 21.9 Å². The molecule has 0 aliphatic heterocycles. The molecular weight excluding hydrogens is 306 g/mol. The predicted octanol–water partition coefficient (Wildman–Crippen LogP) is -0.389. The first-order chi connectivity index (χ1) is 10.1. The van der Waals surface area contributed by atoms with Crippen LogP contribution in [0.4, 0.5) is 8.78 Å². The largest absolute Gasteiger partial charge is 1.00 e. The molecule has 3 aromatic rings. The number of halogens is 3. The summed E-state index contributed by atoms with van der Waals surface area (Å²) in [5.41, 5.74) is 1.60. The third kappa shape index (κ3) is 2.94. The summed E-state index contributed by atoms with van der Waals surface area (Å²) in [5, 5.41) is 1.37. The molecule has 2 nitrogen and oxygen atoms in total. The second-order valence-electron chi connectivity index (χ2n) is 5.76. The highest BCUT2D eigenvalue weighted by molar-refractivity contribution is 6.08. The van der Waals surface area contributed by atoms with E-state index in [0.29, 0.717) is 10.9 Å². The maximum atomic E-state index is 14.2. The zero-order valence-electron chi connectivity index (χ0n) is 12.7. The molecule has 3 rings (SSSR count). The SMILES string of the molecule is C[NH+](C)CCCn1c2ccccc2c2c(F)cc(F)cc21.[Cl-]. The number of nitrogens with one attached hydrogen (secondary N) is 1. The van der Waals surface area contributed by atoms with E-state index in [-0.39, 0.29) is 12.4 Å². The second kappa shape index (κ2) is 6.63. The van der Waals surface area contributed by atoms with E-state index in [2.05, 4.69) is 14.1 Å². The van der Waals surface area contributed by atoms with Crippen molar-refractivity contribution in [1.29, 1.82) is 0 Å². The van der Waals surface area contributed by atoms with Gasteiger partial charge in [-0.15, -0.1) is 0 Å². The molecule has 0 spiro atoms. The number of aromatic nitrogens is 1. The monoisotopic (exact) mass is 324 g/mol. The zero-order valence-corrected chi connectivity index (χ0v) is 13.4. The van der Waals surface area contributed by atoms with Crippen LogP contribution in [0.1, 0.15) is 6.42 Å². The smallest absolute Gasteiger partial charge is 0.136 e. The number of para-hydroxylation sites is 1. The van der Waals surface area contributed by atoms with Crippen LogP contribution in [0, 0.1) is 11.6 Å². The van der Waals surface area contributed by atoms with E-state index in [1.807, 2.05) is 28.8 Å². The quantitative estimate of drug-likeness (QED) is 0.670. The lowest BCUT2D eigenvalue weighted by Crippen LogP contribution is -3.05. The van der Waals surface area contributed by atoms with E-state index >= 15 is 0 Å². The van der Waals surface area contributed by atoms with Crippen LogP contribution >= 0.6 is 0 Å². The number of fused-ring (bicyclic) bond motifs is 3. The topological polar surface area (TPSA) is 9.37 Å². The Morgan fingerprint density at radius 2 is 1.77 bits per heavy atom. The van der Waals surface area contributed by atoms with Crippen molar-refractivity contribution in [1.82, 2.24) is 4.57 Å². The fourth-order valence-electron chi connectivity index (χ4n) is 2.92. The van der Waals surface area contributed by atoms with Crippen LogP contribution in [0.5, 0.6) is 0 Å². The molecule has 1 N–H and O–H groups in total. The van der Waals surface area contributed by atoms with E-state index in [1.54, 1.807) is 0 Å². The van der Waals surface area contributed by atoms with Gasteiger partial charge in [-0.2, -0.15) is 0 Å². The van der Waals surface area contributed by atoms with Crippen LogP contribution in [0.25, 0.3) is 21.8 Å². The molecule has 1 aromatic heterocycles. The normalized spacial score (nSPS) is 11.3. The predicted molar refractivity (Wildman–Crippen MR) is 81.7 cm³/mol. The highest BCUT2D eigenvalue weighted by Crippen LogP contribution is 2.31. The third-order valence-corrected chi connectivity index (χ3v) is 3.85. The highest BCUT2D eigenvalue weighted by Gasteiger charge is 2.15. The summed E-state index contributed by atoms with van der Waals surface area (Å²) in [7, 11) is 4.20. The molecule has 0 aliphatic rings. The minimum absolute atomic E-state index is 0. The van der Waals surface area contributed by atoms with Crippen LogP contribution in [0.2, 0.25) is 0 Å². The van der Waals surface area contributed by atoms with Crippen LogP contribution in [0.15, 0.2) is 36.4 Å². The van der Waals surface area contributed by atoms with Gasteiger partial charge in [0.1, 0.15) is 11.6 Å². The molecule has 22 heavy (non-hydrogen) atoms. The minimum Gasteiger partial charge on any atom is -1.00 e. The molecule has 2 aromatic carbocycles. The molecule has 0 saturated heterocycles. The van der Waals surface area contributed by atoms with Crippen molar-refractivity contribution >= 4 is 21.8 Å². The first-order valence-electron chi connectivity index (χ1n) is 7.23. The second-order valence-corrected chi connectivity index (χ2v) is 5.76. The maximum absolute atomic E-state index is 14.2. The summed E-state index contributed by atoms with van der Waals surface area (Å²) in [6, 6.07) is 10.1. The van der Waals surface area contributed by atoms with Crippen LogP contribution in [0.3, 0.4) is 0 Å². The van der Waals surface area contributed by atoms with Crippen molar-refractivity contribution in [2.45, 2.75) is 13.0 Å². The Hall–Kier alpha value is -1.65. The lowest BCUT2D eigenvalue weighted by Gasteiger charge is -2.10. The van der Waals surface area contributed by atoms with E-state index in [4.69, 9.17) is 0 Å². The number of benzene rings is 2. The van der Waals surface area contributed by atoms with Crippen molar-refractivity contribution in [2.24, 2.45) is 0 Å². The summed E-state index contributed by atoms with van der Waals surface area (Å²) >= 11 is 0. The molecule has 1 heterocycles. The lowest BCUT2D eigenvalue weighted by molar-refractivity contribution is -0.858. The average Bonchev–Trinajstić information content (AvgIpc) is 2.73. The Morgan fingerprint density at radius 1 is 1.05 bits per heavy atom. The van der Waals surface area contributed by atoms with Gasteiger partial charge in [0.25, 0.3) is 0 Å². The van der Waals surface area contributed by atoms with Gasteiger partial charge in [0.05, 0.1) is 26.2 Å². The molecule has 0 bridgehead atoms. The van der Waals surface area contributed by atoms with E-state index in [9.17, 15) is 8.78 Å². The molecule has 5 heteroatoms. The number of aryl methyl sites for hydroxylation is 1. The summed E-state index contributed by atoms with van der Waals surface area (Å²) < 4.78 is 29.8. The fourth-order valence-corrected chi connectivity index (χ4v) is 2.92. The number of nitrogens with zero attached hydrogens (tertiary/aromatic N) is 1. The van der Waals surface area contributed by atoms with Gasteiger partial charge in [0, 0.05) is 35.3 Å². The van der Waals surface area contributed by atoms with Gasteiger partial charge in [-0.3, -0.25) is 0 Å². The molecule has 118 valence electrons. The molecule has 0 unspecified atom stereocenters. The van der Waals surface area contributed by atoms with Crippen molar-refractivity contribution < 1.29 is 26.1 Å². The van der Waals surface area contributed by atoms with Crippen molar-refractivity contribution in [3.63, 3.8) is 0 Å². The van der Waals surface area contributed by atoms with E-state index in [1.165, 1.54) is 11.0 Å². The highest BCUT2D eigenvalue weighted by atomic mass is 35.5. The van der Waals surface area contributed by atoms with Crippen LogP contribution < -0.4 is 17.3 Å². The first kappa shape index (κ1) is 16.7. The van der Waals surface area contributed by atoms with Crippen LogP contribution in [-0.2, 0) is 6.54 Å². The van der Waals surface area contributed by atoms with Crippen molar-refractivity contribution in [2.75, 3.05) is 20.6 Å². The van der Waals surface area contributed by atoms with Crippen molar-refractivity contribution in [3.05, 3.63) is 48.0 Å². The number of hydrogen-bond donors (Lipinski definition) is 1. The average molecular weight is 325 g/mol. The lowest BCUT2D eigenvalue weighted by atomic mass is 10.1. The molecule has 0 atom stereocenters. The third-order valence-electron chi connectivity index (χ3n) is 3.85. The standard InChI is InChI=1S/C17H18F2N2.ClH/c1-20(2)8-5-9-21-15-7-4-3-6-13(15)17-14(19)10-12(18)11-16(17)21;/h3-4,6-7,10-11H,5,8-9H2,1-2H3;1H. The molecule has 0 amide bonds. The maximum Gasteiger partial charge on any atom is 0.136 e. The Bertz CT molecular complexity index is 796. The first-order valence-corrected chi connectivity index (χ1v) is 7.23. The van der Waals surface area contributed by atoms with Crippen molar-refractivity contribution in [3.8, 4) is 0 Å². The minimum atomic E-state index is -0.526. The molecular formula is C17H19ClF2N2. The number of rotatable bonds is 4.